The number of benzene rings is 2. The third-order valence-corrected chi connectivity index (χ3v) is 4.08. The van der Waals surface area contributed by atoms with E-state index in [-0.39, 0.29) is 17.9 Å². The zero-order valence-electron chi connectivity index (χ0n) is 14.6. The van der Waals surface area contributed by atoms with Gasteiger partial charge < -0.3 is 9.84 Å². The number of carbonyl (C=O) groups is 1. The molecule has 0 aliphatic rings. The number of nitrogens with one attached hydrogen (secondary N) is 1. The Morgan fingerprint density at radius 1 is 1.04 bits per heavy atom. The van der Waals surface area contributed by atoms with Gasteiger partial charge in [-0.25, -0.2) is 0 Å². The molecule has 1 aromatic heterocycles. The van der Waals surface area contributed by atoms with Crippen molar-refractivity contribution in [3.8, 4) is 11.4 Å². The van der Waals surface area contributed by atoms with Gasteiger partial charge in [-0.1, -0.05) is 67.5 Å². The normalized spacial score (nSPS) is 12.2. The Hall–Kier alpha value is -2.95. The molecule has 0 saturated heterocycles. The van der Waals surface area contributed by atoms with E-state index in [1.54, 1.807) is 0 Å². The number of hydrogen-bond acceptors (Lipinski definition) is 4. The Balaban J connectivity index is 1.84. The molecule has 0 spiro atoms. The molecule has 2 aromatic carbocycles. The Bertz CT molecular complexity index is 856. The van der Waals surface area contributed by atoms with Gasteiger partial charge in [0.25, 0.3) is 5.91 Å². The van der Waals surface area contributed by atoms with Crippen LogP contribution < -0.4 is 5.32 Å². The standard InChI is InChI=1S/C20H21N3O2/c1-13(2)17(21-19(24)16-12-8-7-9-14(16)3)20-22-18(23-25-20)15-10-5-4-6-11-15/h4-13,17H,1-3H3,(H,21,24). The summed E-state index contributed by atoms with van der Waals surface area (Å²) in [5.41, 5.74) is 2.46. The first-order valence-electron chi connectivity index (χ1n) is 8.32. The predicted octanol–water partition coefficient (Wildman–Crippen LogP) is 4.17. The van der Waals surface area contributed by atoms with E-state index in [2.05, 4.69) is 15.5 Å². The van der Waals surface area contributed by atoms with Crippen LogP contribution in [-0.2, 0) is 0 Å². The minimum Gasteiger partial charge on any atom is -0.340 e. The van der Waals surface area contributed by atoms with Crippen LogP contribution >= 0.6 is 0 Å². The number of amides is 1. The fourth-order valence-corrected chi connectivity index (χ4v) is 2.63. The minimum atomic E-state index is -0.350. The third-order valence-electron chi connectivity index (χ3n) is 4.08. The quantitative estimate of drug-likeness (QED) is 0.760. The van der Waals surface area contributed by atoms with Crippen LogP contribution in [0.15, 0.2) is 59.1 Å². The molecule has 0 bridgehead atoms. The van der Waals surface area contributed by atoms with Crippen molar-refractivity contribution in [3.63, 3.8) is 0 Å². The molecular weight excluding hydrogens is 314 g/mol. The molecule has 3 rings (SSSR count). The first kappa shape index (κ1) is 16.9. The molecule has 1 unspecified atom stereocenters. The van der Waals surface area contributed by atoms with Gasteiger partial charge in [0.05, 0.1) is 0 Å². The topological polar surface area (TPSA) is 68.0 Å². The van der Waals surface area contributed by atoms with E-state index in [0.717, 1.165) is 11.1 Å². The van der Waals surface area contributed by atoms with E-state index in [4.69, 9.17) is 4.52 Å². The number of hydrogen-bond donors (Lipinski definition) is 1. The first-order valence-corrected chi connectivity index (χ1v) is 8.32. The number of carbonyl (C=O) groups excluding carboxylic acids is 1. The van der Waals surface area contributed by atoms with E-state index >= 15 is 0 Å². The summed E-state index contributed by atoms with van der Waals surface area (Å²) < 4.78 is 5.43. The SMILES string of the molecule is Cc1ccccc1C(=O)NC(c1nc(-c2ccccc2)no1)C(C)C. The Labute approximate surface area is 147 Å². The fourth-order valence-electron chi connectivity index (χ4n) is 2.63. The largest absolute Gasteiger partial charge is 0.340 e. The van der Waals surface area contributed by atoms with Crippen molar-refractivity contribution in [1.82, 2.24) is 15.5 Å². The fraction of sp³-hybridized carbons (Fsp3) is 0.250. The van der Waals surface area contributed by atoms with Gasteiger partial charge in [0.1, 0.15) is 6.04 Å². The lowest BCUT2D eigenvalue weighted by Crippen LogP contribution is -2.32. The summed E-state index contributed by atoms with van der Waals surface area (Å²) in [4.78, 5) is 17.1. The van der Waals surface area contributed by atoms with E-state index in [0.29, 0.717) is 17.3 Å². The lowest BCUT2D eigenvalue weighted by atomic mass is 10.0. The van der Waals surface area contributed by atoms with Gasteiger partial charge in [0.2, 0.25) is 11.7 Å². The van der Waals surface area contributed by atoms with Crippen LogP contribution in [0.1, 0.15) is 41.7 Å². The van der Waals surface area contributed by atoms with E-state index in [1.165, 1.54) is 0 Å². The molecule has 25 heavy (non-hydrogen) atoms. The molecule has 0 radical (unpaired) electrons. The molecule has 0 fully saturated rings. The predicted molar refractivity (Wildman–Crippen MR) is 96.0 cm³/mol. The van der Waals surface area contributed by atoms with Crippen LogP contribution in [0.5, 0.6) is 0 Å². The van der Waals surface area contributed by atoms with Crippen molar-refractivity contribution >= 4 is 5.91 Å². The maximum Gasteiger partial charge on any atom is 0.252 e. The highest BCUT2D eigenvalue weighted by Gasteiger charge is 2.25. The van der Waals surface area contributed by atoms with Crippen LogP contribution in [0, 0.1) is 12.8 Å². The maximum atomic E-state index is 12.6. The molecule has 0 aliphatic carbocycles. The summed E-state index contributed by atoms with van der Waals surface area (Å²) in [6.45, 7) is 5.93. The summed E-state index contributed by atoms with van der Waals surface area (Å²) in [5.74, 6) is 0.899. The summed E-state index contributed by atoms with van der Waals surface area (Å²) in [7, 11) is 0. The Morgan fingerprint density at radius 2 is 1.72 bits per heavy atom. The van der Waals surface area contributed by atoms with Crippen molar-refractivity contribution in [1.29, 1.82) is 0 Å². The van der Waals surface area contributed by atoms with Crippen molar-refractivity contribution in [2.45, 2.75) is 26.8 Å². The summed E-state index contributed by atoms with van der Waals surface area (Å²) in [5, 5.41) is 7.07. The number of aryl methyl sites for hydroxylation is 1. The molecule has 0 saturated carbocycles. The maximum absolute atomic E-state index is 12.6. The molecule has 1 amide bonds. The molecule has 128 valence electrons. The summed E-state index contributed by atoms with van der Waals surface area (Å²) >= 11 is 0. The second-order valence-electron chi connectivity index (χ2n) is 6.33. The molecular formula is C20H21N3O2. The van der Waals surface area contributed by atoms with Crippen LogP contribution in [0.25, 0.3) is 11.4 Å². The average Bonchev–Trinajstić information content (AvgIpc) is 3.10. The molecule has 1 atom stereocenters. The zero-order valence-corrected chi connectivity index (χ0v) is 14.6. The molecule has 5 heteroatoms. The number of rotatable bonds is 5. The molecule has 5 nitrogen and oxygen atoms in total. The lowest BCUT2D eigenvalue weighted by molar-refractivity contribution is 0.0913. The highest BCUT2D eigenvalue weighted by Crippen LogP contribution is 2.24. The zero-order chi connectivity index (χ0) is 17.8. The number of nitrogens with zero attached hydrogens (tertiary/aromatic N) is 2. The Morgan fingerprint density at radius 3 is 2.40 bits per heavy atom. The highest BCUT2D eigenvalue weighted by atomic mass is 16.5. The van der Waals surface area contributed by atoms with Gasteiger partial charge >= 0.3 is 0 Å². The lowest BCUT2D eigenvalue weighted by Gasteiger charge is -2.19. The van der Waals surface area contributed by atoms with Crippen molar-refractivity contribution in [3.05, 3.63) is 71.6 Å². The molecule has 3 aromatic rings. The van der Waals surface area contributed by atoms with Gasteiger partial charge in [-0.05, 0) is 24.5 Å². The van der Waals surface area contributed by atoms with Gasteiger partial charge in [0.15, 0.2) is 0 Å². The van der Waals surface area contributed by atoms with Crippen LogP contribution in [0.4, 0.5) is 0 Å². The summed E-state index contributed by atoms with van der Waals surface area (Å²) in [6, 6.07) is 16.8. The summed E-state index contributed by atoms with van der Waals surface area (Å²) in [6.07, 6.45) is 0. The third kappa shape index (κ3) is 3.76. The molecule has 1 heterocycles. The van der Waals surface area contributed by atoms with E-state index in [1.807, 2.05) is 75.4 Å². The van der Waals surface area contributed by atoms with Gasteiger partial charge in [-0.3, -0.25) is 4.79 Å². The van der Waals surface area contributed by atoms with Gasteiger partial charge in [-0.15, -0.1) is 0 Å². The average molecular weight is 335 g/mol. The first-order chi connectivity index (χ1) is 12.1. The van der Waals surface area contributed by atoms with E-state index in [9.17, 15) is 4.79 Å². The van der Waals surface area contributed by atoms with Crippen molar-refractivity contribution in [2.24, 2.45) is 5.92 Å². The highest BCUT2D eigenvalue weighted by molar-refractivity contribution is 5.95. The molecule has 1 N–H and O–H groups in total. The van der Waals surface area contributed by atoms with Crippen LogP contribution in [0.3, 0.4) is 0 Å². The van der Waals surface area contributed by atoms with Crippen LogP contribution in [-0.4, -0.2) is 16.0 Å². The monoisotopic (exact) mass is 335 g/mol. The molecule has 0 aliphatic heterocycles. The van der Waals surface area contributed by atoms with Gasteiger partial charge in [-0.2, -0.15) is 4.98 Å². The van der Waals surface area contributed by atoms with E-state index < -0.39 is 0 Å². The Kier molecular flexibility index (Phi) is 4.93. The second kappa shape index (κ2) is 7.30. The smallest absolute Gasteiger partial charge is 0.252 e. The van der Waals surface area contributed by atoms with Gasteiger partial charge in [0, 0.05) is 11.1 Å². The van der Waals surface area contributed by atoms with Crippen molar-refractivity contribution in [2.75, 3.05) is 0 Å². The second-order valence-corrected chi connectivity index (χ2v) is 6.33. The minimum absolute atomic E-state index is 0.108. The van der Waals surface area contributed by atoms with Crippen molar-refractivity contribution < 1.29 is 9.32 Å². The van der Waals surface area contributed by atoms with Crippen LogP contribution in [0.2, 0.25) is 0 Å². The number of aromatic nitrogens is 2.